The zero-order valence-electron chi connectivity index (χ0n) is 44.4. The van der Waals surface area contributed by atoms with E-state index < -0.39 is 0 Å². The van der Waals surface area contributed by atoms with Gasteiger partial charge in [-0.05, 0) is 198 Å². The van der Waals surface area contributed by atoms with Crippen molar-refractivity contribution in [2.24, 2.45) is 0 Å². The Morgan fingerprint density at radius 3 is 0.562 bits per heavy atom. The van der Waals surface area contributed by atoms with Gasteiger partial charge in [-0.25, -0.2) is 9.97 Å². The molecular formula is C56H46Br8N4O12. The summed E-state index contributed by atoms with van der Waals surface area (Å²) in [5.74, 6) is 4.74. The molecule has 24 heteroatoms. The average Bonchev–Trinajstić information content (AvgIpc) is 4.33. The summed E-state index contributed by atoms with van der Waals surface area (Å²) in [6.07, 6.45) is 0. The van der Waals surface area contributed by atoms with Gasteiger partial charge in [0, 0.05) is 22.3 Å². The van der Waals surface area contributed by atoms with Crippen LogP contribution in [0.5, 0.6) is 69.0 Å². The highest BCUT2D eigenvalue weighted by atomic mass is 79.9. The van der Waals surface area contributed by atoms with Gasteiger partial charge in [0.25, 0.3) is 0 Å². The van der Waals surface area contributed by atoms with E-state index in [0.29, 0.717) is 194 Å². The third kappa shape index (κ3) is 9.93. The molecule has 0 radical (unpaired) electrons. The molecule has 5 heterocycles. The molecule has 0 fully saturated rings. The third-order valence-electron chi connectivity index (χ3n) is 13.2. The predicted octanol–water partition coefficient (Wildman–Crippen LogP) is 17.4. The van der Waals surface area contributed by atoms with Crippen molar-refractivity contribution < 1.29 is 56.8 Å². The highest BCUT2D eigenvalue weighted by Gasteiger charge is 2.33. The van der Waals surface area contributed by atoms with E-state index >= 15 is 0 Å². The fraction of sp³-hybridized carbons (Fsp3) is 0.214. The standard InChI is InChI=1S/C56H46Br8N4O12/c1-69-25-13-21(14-26(70-2)53(25)77-9)33-45-37(57)39(59)47(65-45)34(22-15-27(71-3)54(78-10)28(16-22)72-4)49-41(61)43(63)51(67-49)36(24-19-31(75-7)56(80-12)32(20-24)76-8)52-44(64)42(62)50(68-52)35(48-40(60)38(58)46(33)66-48)23-17-29(73-5)55(79-11)30(18-23)74-6/h13-20,65,68H,1-12H3. The number of H-pyrrole nitrogens is 2. The van der Waals surface area contributed by atoms with E-state index in [9.17, 15) is 0 Å². The van der Waals surface area contributed by atoms with Crippen molar-refractivity contribution in [3.63, 3.8) is 0 Å². The Morgan fingerprint density at radius 1 is 0.263 bits per heavy atom. The number of nitrogens with zero attached hydrogens (tertiary/aromatic N) is 2. The van der Waals surface area contributed by atoms with Crippen LogP contribution in [0.2, 0.25) is 0 Å². The minimum Gasteiger partial charge on any atom is -0.493 e. The SMILES string of the molecule is COc1cc(-c2c3nc(c(-c4cc(OC)c(OC)c(OC)c4)c4[nH]c(c(Br)c4Br)c(-c4cc(OC)c(OC)c(OC)c4)c4nc(c(-c5cc(OC)c(OC)c(OC)c5)c5[nH]c2c(Br)c5Br)C(Br)=C4Br)C(Br)=C3Br)cc(OC)c1OC. The van der Waals surface area contributed by atoms with Gasteiger partial charge in [-0.1, -0.05) is 0 Å². The Morgan fingerprint density at radius 2 is 0.425 bits per heavy atom. The Hall–Kier alpha value is -5.08. The smallest absolute Gasteiger partial charge is 0.203 e. The number of methoxy groups -OCH3 is 12. The lowest BCUT2D eigenvalue weighted by Gasteiger charge is -2.16. The molecule has 0 saturated heterocycles. The van der Waals surface area contributed by atoms with Crippen molar-refractivity contribution in [3.8, 4) is 114 Å². The summed E-state index contributed by atoms with van der Waals surface area (Å²) in [6, 6.07) is 14.9. The molecule has 9 rings (SSSR count). The quantitative estimate of drug-likeness (QED) is 0.0937. The maximum atomic E-state index is 6.00. The van der Waals surface area contributed by atoms with E-state index in [4.69, 9.17) is 66.8 Å². The zero-order valence-corrected chi connectivity index (χ0v) is 57.1. The molecular weight excluding hydrogens is 1560 g/mol. The van der Waals surface area contributed by atoms with E-state index in [0.717, 1.165) is 0 Å². The van der Waals surface area contributed by atoms with Gasteiger partial charge >= 0.3 is 0 Å². The average molecular weight is 1610 g/mol. The topological polar surface area (TPSA) is 168 Å². The van der Waals surface area contributed by atoms with Crippen molar-refractivity contribution in [1.29, 1.82) is 0 Å². The first-order valence-corrected chi connectivity index (χ1v) is 29.7. The summed E-state index contributed by atoms with van der Waals surface area (Å²) in [4.78, 5) is 19.0. The molecule has 3 aromatic heterocycles. The molecule has 8 bridgehead atoms. The summed E-state index contributed by atoms with van der Waals surface area (Å²) in [5, 5.41) is 0. The van der Waals surface area contributed by atoms with Crippen LogP contribution in [0.25, 0.3) is 84.5 Å². The molecule has 7 aromatic rings. The number of nitrogens with one attached hydrogen (secondary N) is 2. The highest BCUT2D eigenvalue weighted by Crippen LogP contribution is 2.57. The van der Waals surface area contributed by atoms with Gasteiger partial charge in [0.1, 0.15) is 0 Å². The first-order valence-electron chi connectivity index (χ1n) is 23.4. The van der Waals surface area contributed by atoms with Crippen LogP contribution >= 0.6 is 127 Å². The summed E-state index contributed by atoms with van der Waals surface area (Å²) >= 11 is 32.4. The third-order valence-corrected chi connectivity index (χ3v) is 21.6. The molecule has 2 N–H and O–H groups in total. The zero-order chi connectivity index (χ0) is 57.8. The molecule has 418 valence electrons. The number of ether oxygens (including phenoxy) is 12. The lowest BCUT2D eigenvalue weighted by atomic mass is 10.0. The van der Waals surface area contributed by atoms with Crippen LogP contribution in [0.3, 0.4) is 0 Å². The van der Waals surface area contributed by atoms with Gasteiger partial charge in [-0.15, -0.1) is 0 Å². The molecule has 2 aliphatic rings. The first-order chi connectivity index (χ1) is 38.5. The Kier molecular flexibility index (Phi) is 18.2. The molecule has 0 spiro atoms. The summed E-state index contributed by atoms with van der Waals surface area (Å²) in [5.41, 5.74) is 9.06. The van der Waals surface area contributed by atoms with Crippen LogP contribution < -0.4 is 56.8 Å². The van der Waals surface area contributed by atoms with Crippen molar-refractivity contribution in [2.45, 2.75) is 0 Å². The van der Waals surface area contributed by atoms with Gasteiger partial charge in [0.15, 0.2) is 46.0 Å². The molecule has 0 atom stereocenters. The minimum absolute atomic E-state index is 0.390. The van der Waals surface area contributed by atoms with Crippen LogP contribution in [-0.4, -0.2) is 105 Å². The Balaban J connectivity index is 1.67. The maximum Gasteiger partial charge on any atom is 0.203 e. The second kappa shape index (κ2) is 24.4. The molecule has 0 amide bonds. The number of aromatic amines is 2. The first kappa shape index (κ1) is 59.5. The number of hydrogen-bond donors (Lipinski definition) is 2. The number of hydrogen-bond acceptors (Lipinski definition) is 14. The maximum absolute atomic E-state index is 6.00. The van der Waals surface area contributed by atoms with Gasteiger partial charge in [0.05, 0.1) is 166 Å². The number of rotatable bonds is 16. The molecule has 0 unspecified atom stereocenters. The van der Waals surface area contributed by atoms with Crippen molar-refractivity contribution >= 4 is 167 Å². The number of fused-ring (bicyclic) bond motifs is 8. The largest absolute Gasteiger partial charge is 0.493 e. The van der Waals surface area contributed by atoms with Crippen molar-refractivity contribution in [2.75, 3.05) is 85.3 Å². The van der Waals surface area contributed by atoms with Crippen LogP contribution in [-0.2, 0) is 0 Å². The van der Waals surface area contributed by atoms with Gasteiger partial charge in [0.2, 0.25) is 23.0 Å². The van der Waals surface area contributed by atoms with E-state index in [2.05, 4.69) is 137 Å². The van der Waals surface area contributed by atoms with Crippen molar-refractivity contribution in [3.05, 3.63) is 89.2 Å². The Bertz CT molecular complexity index is 3360. The molecule has 0 saturated carbocycles. The monoisotopic (exact) mass is 1600 g/mol. The lowest BCUT2D eigenvalue weighted by molar-refractivity contribution is 0.324. The molecule has 80 heavy (non-hydrogen) atoms. The molecule has 2 aliphatic heterocycles. The Labute approximate surface area is 527 Å². The predicted molar refractivity (Wildman–Crippen MR) is 342 cm³/mol. The van der Waals surface area contributed by atoms with Gasteiger partial charge < -0.3 is 66.8 Å². The second-order valence-electron chi connectivity index (χ2n) is 17.0. The minimum atomic E-state index is 0.390. The number of halogens is 8. The van der Waals surface area contributed by atoms with E-state index in [-0.39, 0.29) is 0 Å². The summed E-state index contributed by atoms with van der Waals surface area (Å²) in [6.45, 7) is 0. The van der Waals surface area contributed by atoms with Crippen LogP contribution in [0.15, 0.2) is 66.4 Å². The second-order valence-corrected chi connectivity index (χ2v) is 23.4. The van der Waals surface area contributed by atoms with Crippen LogP contribution in [0, 0.1) is 0 Å². The van der Waals surface area contributed by atoms with Gasteiger partial charge in [-0.2, -0.15) is 0 Å². The summed E-state index contributed by atoms with van der Waals surface area (Å²) in [7, 11) is 18.7. The lowest BCUT2D eigenvalue weighted by Crippen LogP contribution is -1.98. The van der Waals surface area contributed by atoms with E-state index in [1.165, 1.54) is 0 Å². The molecule has 0 aliphatic carbocycles. The van der Waals surface area contributed by atoms with Crippen LogP contribution in [0.4, 0.5) is 0 Å². The fourth-order valence-electron chi connectivity index (χ4n) is 9.60. The number of benzene rings is 4. The number of aromatic nitrogens is 4. The normalized spacial score (nSPS) is 12.2. The van der Waals surface area contributed by atoms with Crippen molar-refractivity contribution in [1.82, 2.24) is 19.9 Å². The van der Waals surface area contributed by atoms with Gasteiger partial charge in [-0.3, -0.25) is 0 Å². The van der Waals surface area contributed by atoms with E-state index in [1.807, 2.05) is 48.5 Å². The summed E-state index contributed by atoms with van der Waals surface area (Å²) < 4.78 is 76.1. The molecule has 16 nitrogen and oxygen atoms in total. The van der Waals surface area contributed by atoms with E-state index in [1.54, 1.807) is 85.3 Å². The highest BCUT2D eigenvalue weighted by molar-refractivity contribution is 9.18. The van der Waals surface area contributed by atoms with Crippen LogP contribution in [0.1, 0.15) is 22.8 Å². The molecule has 4 aromatic carbocycles. The fourth-order valence-corrected chi connectivity index (χ4v) is 13.5.